The predicted molar refractivity (Wildman–Crippen MR) is 208 cm³/mol. The number of carbonyl (C=O) groups excluding carboxylic acids is 2. The van der Waals surface area contributed by atoms with Gasteiger partial charge in [-0.25, -0.2) is 4.98 Å². The van der Waals surface area contributed by atoms with Crippen molar-refractivity contribution in [3.63, 3.8) is 0 Å². The number of aromatic nitrogens is 3. The van der Waals surface area contributed by atoms with Crippen LogP contribution in [0.25, 0.3) is 22.5 Å². The van der Waals surface area contributed by atoms with Crippen molar-refractivity contribution in [1.82, 2.24) is 35.8 Å². The summed E-state index contributed by atoms with van der Waals surface area (Å²) in [7, 11) is 2.97. The lowest BCUT2D eigenvalue weighted by Gasteiger charge is -2.47. The molecule has 57 heavy (non-hydrogen) atoms. The van der Waals surface area contributed by atoms with Crippen LogP contribution in [0, 0.1) is 5.41 Å². The Morgan fingerprint density at radius 3 is 2.51 bits per heavy atom. The molecule has 0 bridgehead atoms. The SMILES string of the molecule is COc1nc(-c2ccnc(-c3cccc4c3CCC[C@@H]4Nc3nc(OC)c(CN4CC5(CNC(=O)C5)C4)cc3C(F)(F)F)c2Cl)ccc1CNC[C@H]1CCC(=O)N1. The highest BCUT2D eigenvalue weighted by Gasteiger charge is 2.48. The maximum absolute atomic E-state index is 14.7. The number of carbonyl (C=O) groups is 2. The van der Waals surface area contributed by atoms with E-state index >= 15 is 0 Å². The molecule has 3 aliphatic heterocycles. The molecule has 0 saturated carbocycles. The molecule has 3 saturated heterocycles. The minimum absolute atomic E-state index is 0.00577. The van der Waals surface area contributed by atoms with Gasteiger partial charge in [0.25, 0.3) is 0 Å². The molecule has 300 valence electrons. The smallest absolute Gasteiger partial charge is 0.419 e. The number of hydrogen-bond acceptors (Lipinski definition) is 10. The third kappa shape index (κ3) is 7.97. The van der Waals surface area contributed by atoms with Crippen molar-refractivity contribution in [3.05, 3.63) is 81.5 Å². The molecule has 4 aromatic rings. The number of nitrogens with zero attached hydrogens (tertiary/aromatic N) is 4. The van der Waals surface area contributed by atoms with Crippen molar-refractivity contribution >= 4 is 29.2 Å². The molecule has 2 amide bonds. The Morgan fingerprint density at radius 2 is 1.79 bits per heavy atom. The fraction of sp³-hybridized carbons (Fsp3) is 0.439. The topological polar surface area (TPSA) is 143 Å². The monoisotopic (exact) mass is 804 g/mol. The average Bonchev–Trinajstić information content (AvgIpc) is 3.79. The Balaban J connectivity index is 1.03. The van der Waals surface area contributed by atoms with E-state index in [9.17, 15) is 22.8 Å². The molecule has 6 heterocycles. The van der Waals surface area contributed by atoms with E-state index in [1.807, 2.05) is 35.2 Å². The number of pyridine rings is 3. The number of hydrogen-bond donors (Lipinski definition) is 4. The van der Waals surface area contributed by atoms with Gasteiger partial charge in [0.2, 0.25) is 23.6 Å². The van der Waals surface area contributed by atoms with Crippen LogP contribution in [0.5, 0.6) is 11.8 Å². The van der Waals surface area contributed by atoms with Crippen molar-refractivity contribution < 1.29 is 32.2 Å². The van der Waals surface area contributed by atoms with Crippen LogP contribution < -0.4 is 30.7 Å². The summed E-state index contributed by atoms with van der Waals surface area (Å²) in [6.07, 6.45) is 0.752. The van der Waals surface area contributed by atoms with E-state index in [0.717, 1.165) is 34.7 Å². The van der Waals surface area contributed by atoms with Crippen molar-refractivity contribution in [2.24, 2.45) is 5.41 Å². The number of rotatable bonds is 12. The van der Waals surface area contributed by atoms with Crippen LogP contribution in [0.1, 0.15) is 66.0 Å². The van der Waals surface area contributed by atoms with E-state index in [0.29, 0.717) is 98.2 Å². The largest absolute Gasteiger partial charge is 0.481 e. The Kier molecular flexibility index (Phi) is 10.7. The van der Waals surface area contributed by atoms with Gasteiger partial charge in [-0.05, 0) is 55.0 Å². The van der Waals surface area contributed by atoms with Gasteiger partial charge in [-0.15, -0.1) is 0 Å². The molecule has 4 N–H and O–H groups in total. The average molecular weight is 805 g/mol. The van der Waals surface area contributed by atoms with E-state index in [2.05, 4.69) is 31.2 Å². The van der Waals surface area contributed by atoms with Gasteiger partial charge in [0, 0.05) is 92.0 Å². The van der Waals surface area contributed by atoms with E-state index in [-0.39, 0.29) is 41.5 Å². The van der Waals surface area contributed by atoms with Gasteiger partial charge in [0.1, 0.15) is 5.82 Å². The van der Waals surface area contributed by atoms with Gasteiger partial charge in [-0.3, -0.25) is 19.5 Å². The lowest BCUT2D eigenvalue weighted by atomic mass is 9.79. The number of amides is 2. The number of halogens is 4. The number of fused-ring (bicyclic) bond motifs is 1. The number of methoxy groups -OCH3 is 2. The molecule has 0 unspecified atom stereocenters. The fourth-order valence-corrected chi connectivity index (χ4v) is 9.05. The maximum Gasteiger partial charge on any atom is 0.419 e. The molecule has 3 fully saturated rings. The number of alkyl halides is 3. The first kappa shape index (κ1) is 38.9. The summed E-state index contributed by atoms with van der Waals surface area (Å²) < 4.78 is 55.3. The standard InChI is InChI=1S/C41H44ClF3N8O4/c1-56-38-23(17-46-18-25-10-12-33(54)49-25)9-11-32(51-38)29-13-14-47-36(35(29)42)28-7-3-6-27-26(28)5-4-8-31(27)50-37-30(41(43,44)45)15-24(39(52-37)57-2)19-53-21-40(22-53)16-34(55)48-20-40/h3,6-7,9,11,13-15,25,31,46H,4-5,8,10,12,16-22H2,1-2H3,(H,48,55)(H,49,54)(H,50,52)/t25-,31+/m1/s1. The summed E-state index contributed by atoms with van der Waals surface area (Å²) in [6.45, 7) is 3.16. The third-order valence-corrected chi connectivity index (χ3v) is 11.8. The fourth-order valence-electron chi connectivity index (χ4n) is 8.74. The summed E-state index contributed by atoms with van der Waals surface area (Å²) in [5, 5.41) is 12.7. The normalized spacial score (nSPS) is 20.2. The molecule has 1 aromatic carbocycles. The van der Waals surface area contributed by atoms with Gasteiger partial charge < -0.3 is 30.7 Å². The number of benzene rings is 1. The summed E-state index contributed by atoms with van der Waals surface area (Å²) in [4.78, 5) is 39.2. The Morgan fingerprint density at radius 1 is 0.982 bits per heavy atom. The molecule has 4 aliphatic rings. The molecular formula is C41H44ClF3N8O4. The number of anilines is 1. The predicted octanol–water partition coefficient (Wildman–Crippen LogP) is 6.07. The van der Waals surface area contributed by atoms with Crippen LogP contribution in [0.15, 0.2) is 48.7 Å². The van der Waals surface area contributed by atoms with Gasteiger partial charge >= 0.3 is 6.18 Å². The molecule has 1 aliphatic carbocycles. The lowest BCUT2D eigenvalue weighted by Crippen LogP contribution is -2.56. The molecule has 1 spiro atoms. The van der Waals surface area contributed by atoms with E-state index < -0.39 is 17.8 Å². The van der Waals surface area contributed by atoms with Crippen LogP contribution >= 0.6 is 11.6 Å². The highest BCUT2D eigenvalue weighted by molar-refractivity contribution is 6.35. The minimum atomic E-state index is -4.68. The van der Waals surface area contributed by atoms with Crippen molar-refractivity contribution in [1.29, 1.82) is 0 Å². The molecule has 2 atom stereocenters. The van der Waals surface area contributed by atoms with Crippen LogP contribution in [-0.2, 0) is 35.3 Å². The molecule has 12 nitrogen and oxygen atoms in total. The number of likely N-dealkylation sites (tertiary alicyclic amines) is 1. The summed E-state index contributed by atoms with van der Waals surface area (Å²) in [5.74, 6) is 0.352. The van der Waals surface area contributed by atoms with Gasteiger partial charge in [0.05, 0.1) is 42.2 Å². The number of nitrogens with one attached hydrogen (secondary N) is 4. The van der Waals surface area contributed by atoms with Crippen LogP contribution in [-0.4, -0.2) is 78.1 Å². The van der Waals surface area contributed by atoms with Crippen LogP contribution in [0.4, 0.5) is 19.0 Å². The second-order valence-electron chi connectivity index (χ2n) is 15.4. The Bertz CT molecular complexity index is 2200. The molecule has 8 rings (SSSR count). The summed E-state index contributed by atoms with van der Waals surface area (Å²) >= 11 is 7.13. The van der Waals surface area contributed by atoms with Crippen LogP contribution in [0.2, 0.25) is 5.02 Å². The zero-order valence-electron chi connectivity index (χ0n) is 31.7. The first-order chi connectivity index (χ1) is 27.4. The Labute approximate surface area is 333 Å². The number of ether oxygens (including phenoxy) is 2. The van der Waals surface area contributed by atoms with Gasteiger partial charge in [-0.2, -0.15) is 18.2 Å². The van der Waals surface area contributed by atoms with Gasteiger partial charge in [0.15, 0.2) is 0 Å². The zero-order valence-corrected chi connectivity index (χ0v) is 32.4. The summed E-state index contributed by atoms with van der Waals surface area (Å²) in [5.41, 5.74) is 4.55. The van der Waals surface area contributed by atoms with Gasteiger partial charge in [-0.1, -0.05) is 35.9 Å². The quantitative estimate of drug-likeness (QED) is 0.133. The van der Waals surface area contributed by atoms with Crippen molar-refractivity contribution in [2.45, 2.75) is 69.9 Å². The van der Waals surface area contributed by atoms with E-state index in [4.69, 9.17) is 26.1 Å². The van der Waals surface area contributed by atoms with Crippen molar-refractivity contribution in [2.75, 3.05) is 45.7 Å². The Hall–Kier alpha value is -4.99. The van der Waals surface area contributed by atoms with E-state index in [1.165, 1.54) is 7.11 Å². The molecule has 0 radical (unpaired) electrons. The summed E-state index contributed by atoms with van der Waals surface area (Å²) in [6, 6.07) is 12.1. The van der Waals surface area contributed by atoms with Crippen LogP contribution in [0.3, 0.4) is 0 Å². The zero-order chi connectivity index (χ0) is 39.9. The first-order valence-corrected chi connectivity index (χ1v) is 19.5. The van der Waals surface area contributed by atoms with E-state index in [1.54, 1.807) is 19.4 Å². The minimum Gasteiger partial charge on any atom is -0.481 e. The molecular weight excluding hydrogens is 761 g/mol. The van der Waals surface area contributed by atoms with Crippen molar-refractivity contribution in [3.8, 4) is 34.3 Å². The maximum atomic E-state index is 14.7. The highest BCUT2D eigenvalue weighted by atomic mass is 35.5. The third-order valence-electron chi connectivity index (χ3n) is 11.4. The highest BCUT2D eigenvalue weighted by Crippen LogP contribution is 2.45. The second kappa shape index (κ2) is 15.7. The second-order valence-corrected chi connectivity index (χ2v) is 15.8. The lowest BCUT2D eigenvalue weighted by molar-refractivity contribution is -0.137. The molecule has 3 aromatic heterocycles. The first-order valence-electron chi connectivity index (χ1n) is 19.2. The molecule has 16 heteroatoms.